The SMILES string of the molecule is C[C@@H](Nc1nc(Cl)nc2c1C(C1CNCCO1)CCC2)c1cc(N)cc(C(F)(F)F)c1. The van der Waals surface area contributed by atoms with Crippen LogP contribution in [0.2, 0.25) is 5.28 Å². The molecule has 4 N–H and O–H groups in total. The summed E-state index contributed by atoms with van der Waals surface area (Å²) in [7, 11) is 0. The zero-order valence-corrected chi connectivity index (χ0v) is 17.9. The molecule has 168 valence electrons. The van der Waals surface area contributed by atoms with E-state index in [1.165, 1.54) is 6.07 Å². The highest BCUT2D eigenvalue weighted by Gasteiger charge is 2.35. The molecule has 1 saturated heterocycles. The Bertz CT molecular complexity index is 949. The number of benzene rings is 1. The number of anilines is 2. The van der Waals surface area contributed by atoms with Gasteiger partial charge in [0.25, 0.3) is 0 Å². The first-order valence-electron chi connectivity index (χ1n) is 10.3. The van der Waals surface area contributed by atoms with Crippen molar-refractivity contribution in [2.75, 3.05) is 30.7 Å². The monoisotopic (exact) mass is 455 g/mol. The maximum absolute atomic E-state index is 13.2. The van der Waals surface area contributed by atoms with Gasteiger partial charge in [-0.25, -0.2) is 9.97 Å². The average molecular weight is 456 g/mol. The fourth-order valence-corrected chi connectivity index (χ4v) is 4.59. The van der Waals surface area contributed by atoms with Gasteiger partial charge in [-0.3, -0.25) is 0 Å². The third kappa shape index (κ3) is 4.88. The van der Waals surface area contributed by atoms with Crippen molar-refractivity contribution in [1.82, 2.24) is 15.3 Å². The van der Waals surface area contributed by atoms with Gasteiger partial charge in [-0.1, -0.05) is 0 Å². The first kappa shape index (κ1) is 22.1. The average Bonchev–Trinajstić information content (AvgIpc) is 2.72. The van der Waals surface area contributed by atoms with Gasteiger partial charge in [-0.2, -0.15) is 13.2 Å². The van der Waals surface area contributed by atoms with Crippen LogP contribution in [-0.4, -0.2) is 35.8 Å². The van der Waals surface area contributed by atoms with Crippen molar-refractivity contribution < 1.29 is 17.9 Å². The molecule has 2 unspecified atom stereocenters. The number of hydrogen-bond acceptors (Lipinski definition) is 6. The zero-order chi connectivity index (χ0) is 22.2. The number of hydrogen-bond donors (Lipinski definition) is 3. The minimum atomic E-state index is -4.47. The van der Waals surface area contributed by atoms with Crippen molar-refractivity contribution in [3.8, 4) is 0 Å². The Morgan fingerprint density at radius 2 is 2.10 bits per heavy atom. The van der Waals surface area contributed by atoms with Gasteiger partial charge >= 0.3 is 6.18 Å². The highest BCUT2D eigenvalue weighted by atomic mass is 35.5. The molecule has 1 fully saturated rings. The van der Waals surface area contributed by atoms with E-state index in [1.54, 1.807) is 6.92 Å². The van der Waals surface area contributed by atoms with Crippen LogP contribution < -0.4 is 16.4 Å². The molecule has 2 aromatic rings. The smallest absolute Gasteiger partial charge is 0.399 e. The zero-order valence-electron chi connectivity index (χ0n) is 17.1. The maximum Gasteiger partial charge on any atom is 0.416 e. The Labute approximate surface area is 183 Å². The van der Waals surface area contributed by atoms with Crippen LogP contribution in [-0.2, 0) is 17.3 Å². The quantitative estimate of drug-likeness (QED) is 0.470. The second-order valence-electron chi connectivity index (χ2n) is 8.07. The lowest BCUT2D eigenvalue weighted by Crippen LogP contribution is -2.43. The molecule has 0 spiro atoms. The molecule has 1 aromatic carbocycles. The van der Waals surface area contributed by atoms with Gasteiger partial charge in [-0.05, 0) is 61.5 Å². The molecule has 4 rings (SSSR count). The van der Waals surface area contributed by atoms with E-state index in [1.807, 2.05) is 0 Å². The number of ether oxygens (including phenoxy) is 1. The number of nitrogens with one attached hydrogen (secondary N) is 2. The minimum Gasteiger partial charge on any atom is -0.399 e. The predicted octanol–water partition coefficient (Wildman–Crippen LogP) is 4.31. The van der Waals surface area contributed by atoms with Gasteiger partial charge in [-0.15, -0.1) is 0 Å². The summed E-state index contributed by atoms with van der Waals surface area (Å²) in [5.74, 6) is 0.618. The van der Waals surface area contributed by atoms with Crippen LogP contribution in [0.25, 0.3) is 0 Å². The van der Waals surface area contributed by atoms with Crippen LogP contribution in [0.3, 0.4) is 0 Å². The Morgan fingerprint density at radius 3 is 2.81 bits per heavy atom. The van der Waals surface area contributed by atoms with Gasteiger partial charge in [0, 0.05) is 30.3 Å². The summed E-state index contributed by atoms with van der Waals surface area (Å²) >= 11 is 6.18. The molecule has 10 heteroatoms. The highest BCUT2D eigenvalue weighted by Crippen LogP contribution is 2.40. The topological polar surface area (TPSA) is 85.1 Å². The number of nitrogens with two attached hydrogens (primary N) is 1. The molecular formula is C21H25ClF3N5O. The number of aryl methyl sites for hydroxylation is 1. The molecule has 1 aliphatic heterocycles. The molecule has 6 nitrogen and oxygen atoms in total. The fourth-order valence-electron chi connectivity index (χ4n) is 4.40. The summed E-state index contributed by atoms with van der Waals surface area (Å²) in [5.41, 5.74) is 7.24. The van der Waals surface area contributed by atoms with Crippen LogP contribution >= 0.6 is 11.6 Å². The molecule has 31 heavy (non-hydrogen) atoms. The summed E-state index contributed by atoms with van der Waals surface area (Å²) in [6.45, 7) is 3.94. The summed E-state index contributed by atoms with van der Waals surface area (Å²) < 4.78 is 45.7. The van der Waals surface area contributed by atoms with E-state index in [0.717, 1.165) is 55.7 Å². The number of alkyl halides is 3. The Hall–Kier alpha value is -2.10. The van der Waals surface area contributed by atoms with Gasteiger partial charge < -0.3 is 21.1 Å². The fraction of sp³-hybridized carbons (Fsp3) is 0.524. The van der Waals surface area contributed by atoms with Gasteiger partial charge in [0.2, 0.25) is 5.28 Å². The molecule has 2 aliphatic rings. The maximum atomic E-state index is 13.2. The largest absolute Gasteiger partial charge is 0.416 e. The number of nitrogen functional groups attached to an aromatic ring is 1. The number of rotatable bonds is 4. The number of fused-ring (bicyclic) bond motifs is 1. The van der Waals surface area contributed by atoms with E-state index in [2.05, 4.69) is 20.6 Å². The predicted molar refractivity (Wildman–Crippen MR) is 113 cm³/mol. The Balaban J connectivity index is 1.67. The second-order valence-corrected chi connectivity index (χ2v) is 8.40. The van der Waals surface area contributed by atoms with Crippen LogP contribution in [0, 0.1) is 0 Å². The van der Waals surface area contributed by atoms with Crippen molar-refractivity contribution in [2.45, 2.75) is 50.4 Å². The molecule has 0 amide bonds. The Kier molecular flexibility index (Phi) is 6.27. The van der Waals surface area contributed by atoms with Crippen molar-refractivity contribution in [3.63, 3.8) is 0 Å². The lowest BCUT2D eigenvalue weighted by atomic mass is 9.81. The lowest BCUT2D eigenvalue weighted by Gasteiger charge is -2.35. The molecule has 0 bridgehead atoms. The number of aromatic nitrogens is 2. The number of morpholine rings is 1. The summed E-state index contributed by atoms with van der Waals surface area (Å²) in [4.78, 5) is 8.83. The van der Waals surface area contributed by atoms with E-state index in [9.17, 15) is 13.2 Å². The van der Waals surface area contributed by atoms with Crippen molar-refractivity contribution in [3.05, 3.63) is 45.9 Å². The molecule has 0 radical (unpaired) electrons. The lowest BCUT2D eigenvalue weighted by molar-refractivity contribution is -0.137. The van der Waals surface area contributed by atoms with Gasteiger partial charge in [0.1, 0.15) is 5.82 Å². The van der Waals surface area contributed by atoms with Crippen LogP contribution in [0.5, 0.6) is 0 Å². The van der Waals surface area contributed by atoms with Gasteiger partial charge in [0.15, 0.2) is 0 Å². The van der Waals surface area contributed by atoms with E-state index in [-0.39, 0.29) is 23.0 Å². The van der Waals surface area contributed by atoms with Crippen LogP contribution in [0.15, 0.2) is 18.2 Å². The van der Waals surface area contributed by atoms with Crippen molar-refractivity contribution in [1.29, 1.82) is 0 Å². The van der Waals surface area contributed by atoms with E-state index in [4.69, 9.17) is 22.1 Å². The first-order chi connectivity index (χ1) is 14.7. The molecule has 1 aromatic heterocycles. The first-order valence-corrected chi connectivity index (χ1v) is 10.7. The van der Waals surface area contributed by atoms with Crippen LogP contribution in [0.1, 0.15) is 54.1 Å². The molecular weight excluding hydrogens is 431 g/mol. The van der Waals surface area contributed by atoms with E-state index < -0.39 is 17.8 Å². The number of nitrogens with zero attached hydrogens (tertiary/aromatic N) is 2. The molecule has 2 heterocycles. The normalized spacial score (nSPS) is 22.6. The van der Waals surface area contributed by atoms with E-state index in [0.29, 0.717) is 18.0 Å². The Morgan fingerprint density at radius 1 is 1.29 bits per heavy atom. The second kappa shape index (κ2) is 8.80. The van der Waals surface area contributed by atoms with Crippen molar-refractivity contribution >= 4 is 23.1 Å². The third-order valence-electron chi connectivity index (χ3n) is 5.86. The summed E-state index contributed by atoms with van der Waals surface area (Å²) in [6.07, 6.45) is -1.84. The third-order valence-corrected chi connectivity index (χ3v) is 6.03. The van der Waals surface area contributed by atoms with Gasteiger partial charge in [0.05, 0.1) is 30.0 Å². The molecule has 3 atom stereocenters. The molecule has 1 aliphatic carbocycles. The summed E-state index contributed by atoms with van der Waals surface area (Å²) in [5, 5.41) is 6.73. The highest BCUT2D eigenvalue weighted by molar-refractivity contribution is 6.28. The standard InChI is InChI=1S/C21H25ClF3N5O/c1-11(12-7-13(21(23,24)25)9-14(26)8-12)28-19-18-15(17-10-27-5-6-31-17)3-2-4-16(18)29-20(22)30-19/h7-9,11,15,17,27H,2-6,10,26H2,1H3,(H,28,29,30)/t11-,15?,17?/m1/s1. The summed E-state index contributed by atoms with van der Waals surface area (Å²) in [6, 6.07) is 3.10. The minimum absolute atomic E-state index is 0.0161. The molecule has 0 saturated carbocycles. The number of halogens is 4. The van der Waals surface area contributed by atoms with E-state index >= 15 is 0 Å². The van der Waals surface area contributed by atoms with Crippen molar-refractivity contribution in [2.24, 2.45) is 0 Å². The van der Waals surface area contributed by atoms with Crippen LogP contribution in [0.4, 0.5) is 24.7 Å².